The SMILES string of the molecule is CCC(=O)C(O)c1ccccc1Cl. The highest BCUT2D eigenvalue weighted by Crippen LogP contribution is 2.23. The average Bonchev–Trinajstić information content (AvgIpc) is 2.16. The number of benzene rings is 1. The molecule has 0 radical (unpaired) electrons. The van der Waals surface area contributed by atoms with E-state index in [-0.39, 0.29) is 5.78 Å². The van der Waals surface area contributed by atoms with Gasteiger partial charge in [0.15, 0.2) is 5.78 Å². The Hall–Kier alpha value is -0.860. The number of ketones is 1. The largest absolute Gasteiger partial charge is 0.380 e. The van der Waals surface area contributed by atoms with Gasteiger partial charge in [-0.15, -0.1) is 0 Å². The van der Waals surface area contributed by atoms with Gasteiger partial charge in [0, 0.05) is 17.0 Å². The summed E-state index contributed by atoms with van der Waals surface area (Å²) in [4.78, 5) is 11.2. The monoisotopic (exact) mass is 198 g/mol. The summed E-state index contributed by atoms with van der Waals surface area (Å²) in [6, 6.07) is 6.81. The minimum absolute atomic E-state index is 0.215. The molecule has 1 atom stereocenters. The van der Waals surface area contributed by atoms with E-state index in [4.69, 9.17) is 11.6 Å². The van der Waals surface area contributed by atoms with Crippen LogP contribution in [0.4, 0.5) is 0 Å². The van der Waals surface area contributed by atoms with Crippen molar-refractivity contribution >= 4 is 17.4 Å². The molecule has 0 saturated heterocycles. The summed E-state index contributed by atoms with van der Waals surface area (Å²) in [6.45, 7) is 1.71. The number of Topliss-reactive ketones (excluding diaryl/α,β-unsaturated/α-hetero) is 1. The molecule has 1 aromatic rings. The maximum Gasteiger partial charge on any atom is 0.165 e. The number of aliphatic hydroxyl groups excluding tert-OH is 1. The normalized spacial score (nSPS) is 12.5. The van der Waals surface area contributed by atoms with Crippen molar-refractivity contribution < 1.29 is 9.90 Å². The molecular weight excluding hydrogens is 188 g/mol. The molecule has 70 valence electrons. The Morgan fingerprint density at radius 1 is 1.54 bits per heavy atom. The maximum absolute atomic E-state index is 11.2. The molecule has 0 heterocycles. The quantitative estimate of drug-likeness (QED) is 0.810. The van der Waals surface area contributed by atoms with Crippen molar-refractivity contribution in [3.63, 3.8) is 0 Å². The van der Waals surface area contributed by atoms with E-state index < -0.39 is 6.10 Å². The van der Waals surface area contributed by atoms with Crippen molar-refractivity contribution in [1.29, 1.82) is 0 Å². The minimum atomic E-state index is -1.08. The number of rotatable bonds is 3. The van der Waals surface area contributed by atoms with Crippen LogP contribution in [-0.2, 0) is 4.79 Å². The molecule has 3 heteroatoms. The Morgan fingerprint density at radius 3 is 2.69 bits per heavy atom. The Balaban J connectivity index is 2.95. The second-order valence-electron chi connectivity index (χ2n) is 2.74. The van der Waals surface area contributed by atoms with Crippen molar-refractivity contribution in [3.8, 4) is 0 Å². The molecule has 0 fully saturated rings. The summed E-state index contributed by atoms with van der Waals surface area (Å²) >= 11 is 5.81. The number of hydrogen-bond acceptors (Lipinski definition) is 2. The van der Waals surface area contributed by atoms with E-state index in [2.05, 4.69) is 0 Å². The number of halogens is 1. The van der Waals surface area contributed by atoms with Gasteiger partial charge in [0.25, 0.3) is 0 Å². The van der Waals surface area contributed by atoms with E-state index >= 15 is 0 Å². The molecule has 2 nitrogen and oxygen atoms in total. The molecule has 0 spiro atoms. The second-order valence-corrected chi connectivity index (χ2v) is 3.15. The van der Waals surface area contributed by atoms with Gasteiger partial charge >= 0.3 is 0 Å². The number of carbonyl (C=O) groups is 1. The Kier molecular flexibility index (Phi) is 3.46. The molecule has 0 aliphatic heterocycles. The molecule has 1 rings (SSSR count). The second kappa shape index (κ2) is 4.40. The standard InChI is InChI=1S/C10H11ClO2/c1-2-9(12)10(13)7-5-3-4-6-8(7)11/h3-6,10,13H,2H2,1H3. The van der Waals surface area contributed by atoms with Gasteiger partial charge in [0.1, 0.15) is 6.10 Å². The lowest BCUT2D eigenvalue weighted by Crippen LogP contribution is -2.10. The summed E-state index contributed by atoms with van der Waals surface area (Å²) in [5.41, 5.74) is 0.482. The average molecular weight is 199 g/mol. The van der Waals surface area contributed by atoms with Crippen LogP contribution in [0.2, 0.25) is 5.02 Å². The molecule has 13 heavy (non-hydrogen) atoms. The zero-order chi connectivity index (χ0) is 9.84. The lowest BCUT2D eigenvalue weighted by molar-refractivity contribution is -0.127. The maximum atomic E-state index is 11.2. The molecule has 0 saturated carbocycles. The fourth-order valence-corrected chi connectivity index (χ4v) is 1.30. The van der Waals surface area contributed by atoms with Crippen LogP contribution < -0.4 is 0 Å². The van der Waals surface area contributed by atoms with E-state index in [0.717, 1.165) is 0 Å². The first-order chi connectivity index (χ1) is 6.16. The summed E-state index contributed by atoms with van der Waals surface area (Å²) in [7, 11) is 0. The van der Waals surface area contributed by atoms with E-state index in [1.165, 1.54) is 0 Å². The topological polar surface area (TPSA) is 37.3 Å². The van der Waals surface area contributed by atoms with Crippen LogP contribution in [0.1, 0.15) is 25.0 Å². The van der Waals surface area contributed by atoms with Gasteiger partial charge in [-0.1, -0.05) is 36.7 Å². The van der Waals surface area contributed by atoms with E-state index in [1.54, 1.807) is 31.2 Å². The summed E-state index contributed by atoms with van der Waals surface area (Å²) in [5, 5.41) is 9.96. The van der Waals surface area contributed by atoms with Crippen LogP contribution in [0, 0.1) is 0 Å². The van der Waals surface area contributed by atoms with Crippen LogP contribution in [0.15, 0.2) is 24.3 Å². The molecular formula is C10H11ClO2. The number of carbonyl (C=O) groups excluding carboxylic acids is 1. The third-order valence-corrected chi connectivity index (χ3v) is 2.20. The molecule has 1 unspecified atom stereocenters. The first-order valence-electron chi connectivity index (χ1n) is 4.12. The lowest BCUT2D eigenvalue weighted by atomic mass is 10.0. The summed E-state index contributed by atoms with van der Waals surface area (Å²) < 4.78 is 0. The highest BCUT2D eigenvalue weighted by molar-refractivity contribution is 6.31. The van der Waals surface area contributed by atoms with Crippen LogP contribution >= 0.6 is 11.6 Å². The van der Waals surface area contributed by atoms with Crippen molar-refractivity contribution in [3.05, 3.63) is 34.9 Å². The van der Waals surface area contributed by atoms with Crippen LogP contribution in [-0.4, -0.2) is 10.9 Å². The van der Waals surface area contributed by atoms with E-state index in [0.29, 0.717) is 17.0 Å². The molecule has 1 N–H and O–H groups in total. The highest BCUT2D eigenvalue weighted by Gasteiger charge is 2.17. The third-order valence-electron chi connectivity index (χ3n) is 1.85. The Bertz CT molecular complexity index is 310. The Morgan fingerprint density at radius 2 is 2.15 bits per heavy atom. The van der Waals surface area contributed by atoms with Gasteiger partial charge in [0.2, 0.25) is 0 Å². The Labute approximate surface area is 82.2 Å². The molecule has 1 aromatic carbocycles. The van der Waals surface area contributed by atoms with Gasteiger partial charge in [-0.25, -0.2) is 0 Å². The van der Waals surface area contributed by atoms with Crippen molar-refractivity contribution in [2.45, 2.75) is 19.4 Å². The fraction of sp³-hybridized carbons (Fsp3) is 0.300. The predicted octanol–water partition coefficient (Wildman–Crippen LogP) is 2.35. The number of hydrogen-bond donors (Lipinski definition) is 1. The first-order valence-corrected chi connectivity index (χ1v) is 4.49. The number of aliphatic hydroxyl groups is 1. The molecule has 0 amide bonds. The fourth-order valence-electron chi connectivity index (χ4n) is 1.06. The van der Waals surface area contributed by atoms with Crippen LogP contribution in [0.25, 0.3) is 0 Å². The van der Waals surface area contributed by atoms with Gasteiger partial charge in [-0.05, 0) is 6.07 Å². The van der Waals surface area contributed by atoms with E-state index in [1.807, 2.05) is 0 Å². The van der Waals surface area contributed by atoms with Crippen molar-refractivity contribution in [1.82, 2.24) is 0 Å². The summed E-state index contributed by atoms with van der Waals surface area (Å²) in [6.07, 6.45) is -0.773. The first kappa shape index (κ1) is 10.2. The minimum Gasteiger partial charge on any atom is -0.380 e. The van der Waals surface area contributed by atoms with Gasteiger partial charge < -0.3 is 5.11 Å². The van der Waals surface area contributed by atoms with Crippen molar-refractivity contribution in [2.75, 3.05) is 0 Å². The van der Waals surface area contributed by atoms with Crippen molar-refractivity contribution in [2.24, 2.45) is 0 Å². The summed E-state index contributed by atoms with van der Waals surface area (Å²) in [5.74, 6) is -0.215. The van der Waals surface area contributed by atoms with Gasteiger partial charge in [-0.3, -0.25) is 4.79 Å². The predicted molar refractivity (Wildman–Crippen MR) is 51.7 cm³/mol. The zero-order valence-electron chi connectivity index (χ0n) is 7.33. The molecule has 0 aliphatic rings. The highest BCUT2D eigenvalue weighted by atomic mass is 35.5. The van der Waals surface area contributed by atoms with Crippen LogP contribution in [0.3, 0.4) is 0 Å². The molecule has 0 bridgehead atoms. The third kappa shape index (κ3) is 2.29. The van der Waals surface area contributed by atoms with Crippen LogP contribution in [0.5, 0.6) is 0 Å². The smallest absolute Gasteiger partial charge is 0.165 e. The van der Waals surface area contributed by atoms with Gasteiger partial charge in [0.05, 0.1) is 0 Å². The molecule has 0 aliphatic carbocycles. The zero-order valence-corrected chi connectivity index (χ0v) is 8.08. The lowest BCUT2D eigenvalue weighted by Gasteiger charge is -2.09. The van der Waals surface area contributed by atoms with E-state index in [9.17, 15) is 9.90 Å². The van der Waals surface area contributed by atoms with Gasteiger partial charge in [-0.2, -0.15) is 0 Å². The molecule has 0 aromatic heterocycles.